The van der Waals surface area contributed by atoms with Crippen molar-refractivity contribution in [2.45, 2.75) is 26.3 Å². The molecule has 1 fully saturated rings. The molecule has 0 saturated carbocycles. The van der Waals surface area contributed by atoms with Gasteiger partial charge in [-0.05, 0) is 18.9 Å². The first-order chi connectivity index (χ1) is 8.60. The third-order valence-corrected chi connectivity index (χ3v) is 3.79. The van der Waals surface area contributed by atoms with Crippen molar-refractivity contribution in [1.82, 2.24) is 15.1 Å². The Kier molecular flexibility index (Phi) is 6.43. The van der Waals surface area contributed by atoms with E-state index in [0.717, 1.165) is 26.1 Å². The Morgan fingerprint density at radius 2 is 2.28 bits per heavy atom. The van der Waals surface area contributed by atoms with Gasteiger partial charge < -0.3 is 19.9 Å². The molecule has 1 saturated heterocycles. The topological polar surface area (TPSA) is 44.8 Å². The Hall–Kier alpha value is -0.810. The highest BCUT2D eigenvalue weighted by Crippen LogP contribution is 2.20. The second-order valence-corrected chi connectivity index (χ2v) is 5.06. The van der Waals surface area contributed by atoms with Gasteiger partial charge in [-0.25, -0.2) is 4.79 Å². The van der Waals surface area contributed by atoms with Gasteiger partial charge in [0.2, 0.25) is 0 Å². The van der Waals surface area contributed by atoms with Gasteiger partial charge in [-0.15, -0.1) is 0 Å². The summed E-state index contributed by atoms with van der Waals surface area (Å²) in [6, 6.07) is 0.351. The molecule has 1 aliphatic rings. The smallest absolute Gasteiger partial charge is 0.317 e. The quantitative estimate of drug-likeness (QED) is 0.748. The SMILES string of the molecule is CCN1CCC(N(C)C(=O)NCCOC)C(C)C1. The van der Waals surface area contributed by atoms with E-state index in [1.807, 2.05) is 11.9 Å². The molecule has 0 aromatic carbocycles. The van der Waals surface area contributed by atoms with Gasteiger partial charge in [0.1, 0.15) is 0 Å². The fraction of sp³-hybridized carbons (Fsp3) is 0.923. The summed E-state index contributed by atoms with van der Waals surface area (Å²) in [7, 11) is 3.53. The number of carbonyl (C=O) groups is 1. The van der Waals surface area contributed by atoms with Crippen LogP contribution >= 0.6 is 0 Å². The maximum atomic E-state index is 12.0. The molecular weight excluding hydrogens is 230 g/mol. The van der Waals surface area contributed by atoms with Gasteiger partial charge in [-0.2, -0.15) is 0 Å². The van der Waals surface area contributed by atoms with E-state index in [1.54, 1.807) is 7.11 Å². The normalized spacial score (nSPS) is 24.9. The summed E-state index contributed by atoms with van der Waals surface area (Å²) in [6.45, 7) is 8.81. The second-order valence-electron chi connectivity index (χ2n) is 5.06. The molecule has 0 bridgehead atoms. The summed E-state index contributed by atoms with van der Waals surface area (Å²) in [6.07, 6.45) is 1.06. The Bertz CT molecular complexity index is 261. The number of nitrogens with one attached hydrogen (secondary N) is 1. The van der Waals surface area contributed by atoms with E-state index >= 15 is 0 Å². The molecular formula is C13H27N3O2. The minimum Gasteiger partial charge on any atom is -0.383 e. The zero-order chi connectivity index (χ0) is 13.5. The molecule has 0 aromatic heterocycles. The van der Waals surface area contributed by atoms with E-state index in [1.165, 1.54) is 0 Å². The Morgan fingerprint density at radius 3 is 2.83 bits per heavy atom. The number of hydrogen-bond acceptors (Lipinski definition) is 3. The molecule has 1 heterocycles. The molecule has 0 aromatic rings. The number of carbonyl (C=O) groups excluding carboxylic acids is 1. The maximum Gasteiger partial charge on any atom is 0.317 e. The summed E-state index contributed by atoms with van der Waals surface area (Å²) < 4.78 is 4.93. The predicted molar refractivity (Wildman–Crippen MR) is 72.7 cm³/mol. The highest BCUT2D eigenvalue weighted by Gasteiger charge is 2.30. The summed E-state index contributed by atoms with van der Waals surface area (Å²) in [5.74, 6) is 0.525. The lowest BCUT2D eigenvalue weighted by atomic mass is 9.93. The Morgan fingerprint density at radius 1 is 1.56 bits per heavy atom. The average molecular weight is 257 g/mol. The Balaban J connectivity index is 2.41. The van der Waals surface area contributed by atoms with E-state index in [4.69, 9.17) is 4.74 Å². The lowest BCUT2D eigenvalue weighted by Crippen LogP contribution is -2.53. The fourth-order valence-electron chi connectivity index (χ4n) is 2.62. The van der Waals surface area contributed by atoms with Crippen LogP contribution in [0, 0.1) is 5.92 Å². The summed E-state index contributed by atoms with van der Waals surface area (Å²) >= 11 is 0. The molecule has 2 atom stereocenters. The molecule has 5 heteroatoms. The lowest BCUT2D eigenvalue weighted by molar-refractivity contribution is 0.0952. The molecule has 106 valence electrons. The van der Waals surface area contributed by atoms with Crippen LogP contribution in [-0.2, 0) is 4.74 Å². The first-order valence-corrected chi connectivity index (χ1v) is 6.82. The van der Waals surface area contributed by atoms with Crippen molar-refractivity contribution in [1.29, 1.82) is 0 Å². The standard InChI is InChI=1S/C13H27N3O2/c1-5-16-8-6-12(11(2)10-16)15(3)13(17)14-7-9-18-4/h11-12H,5-10H2,1-4H3,(H,14,17). The lowest BCUT2D eigenvalue weighted by Gasteiger charge is -2.40. The fourth-order valence-corrected chi connectivity index (χ4v) is 2.62. The third-order valence-electron chi connectivity index (χ3n) is 3.79. The average Bonchev–Trinajstić information content (AvgIpc) is 2.38. The number of piperidine rings is 1. The van der Waals surface area contributed by atoms with Gasteiger partial charge in [0.15, 0.2) is 0 Å². The van der Waals surface area contributed by atoms with Crippen molar-refractivity contribution < 1.29 is 9.53 Å². The van der Waals surface area contributed by atoms with Crippen LogP contribution in [0.2, 0.25) is 0 Å². The third kappa shape index (κ3) is 4.14. The van der Waals surface area contributed by atoms with E-state index in [2.05, 4.69) is 24.1 Å². The number of hydrogen-bond donors (Lipinski definition) is 1. The zero-order valence-electron chi connectivity index (χ0n) is 12.1. The van der Waals surface area contributed by atoms with Crippen molar-refractivity contribution in [3.63, 3.8) is 0 Å². The minimum atomic E-state index is 0.00819. The summed E-state index contributed by atoms with van der Waals surface area (Å²) in [5, 5.41) is 2.87. The van der Waals surface area contributed by atoms with Crippen molar-refractivity contribution in [3.05, 3.63) is 0 Å². The predicted octanol–water partition coefficient (Wildman–Crippen LogP) is 1.00. The number of methoxy groups -OCH3 is 1. The van der Waals surface area contributed by atoms with Crippen LogP contribution in [0.1, 0.15) is 20.3 Å². The van der Waals surface area contributed by atoms with Crippen LogP contribution in [0.3, 0.4) is 0 Å². The van der Waals surface area contributed by atoms with Crippen LogP contribution < -0.4 is 5.32 Å². The van der Waals surface area contributed by atoms with Crippen molar-refractivity contribution in [3.8, 4) is 0 Å². The zero-order valence-corrected chi connectivity index (χ0v) is 12.1. The molecule has 2 unspecified atom stereocenters. The number of ether oxygens (including phenoxy) is 1. The molecule has 5 nitrogen and oxygen atoms in total. The molecule has 1 rings (SSSR count). The molecule has 0 radical (unpaired) electrons. The van der Waals surface area contributed by atoms with Crippen LogP contribution in [0.25, 0.3) is 0 Å². The summed E-state index contributed by atoms with van der Waals surface area (Å²) in [5.41, 5.74) is 0. The molecule has 0 spiro atoms. The molecule has 2 amide bonds. The number of likely N-dealkylation sites (tertiary alicyclic amines) is 1. The van der Waals surface area contributed by atoms with Crippen LogP contribution in [0.15, 0.2) is 0 Å². The number of rotatable bonds is 5. The van der Waals surface area contributed by atoms with Gasteiger partial charge in [-0.3, -0.25) is 0 Å². The number of nitrogens with zero attached hydrogens (tertiary/aromatic N) is 2. The van der Waals surface area contributed by atoms with Crippen LogP contribution in [-0.4, -0.2) is 68.8 Å². The van der Waals surface area contributed by atoms with Gasteiger partial charge in [-0.1, -0.05) is 13.8 Å². The summed E-state index contributed by atoms with van der Waals surface area (Å²) in [4.78, 5) is 16.3. The van der Waals surface area contributed by atoms with E-state index < -0.39 is 0 Å². The van der Waals surface area contributed by atoms with Crippen molar-refractivity contribution >= 4 is 6.03 Å². The minimum absolute atomic E-state index is 0.00819. The number of urea groups is 1. The Labute approximate surface area is 110 Å². The molecule has 0 aliphatic carbocycles. The highest BCUT2D eigenvalue weighted by molar-refractivity contribution is 5.74. The van der Waals surface area contributed by atoms with Crippen molar-refractivity contribution in [2.75, 3.05) is 46.9 Å². The van der Waals surface area contributed by atoms with E-state index in [0.29, 0.717) is 25.1 Å². The van der Waals surface area contributed by atoms with Gasteiger partial charge in [0.25, 0.3) is 0 Å². The number of amides is 2. The highest BCUT2D eigenvalue weighted by atomic mass is 16.5. The van der Waals surface area contributed by atoms with Gasteiger partial charge in [0, 0.05) is 39.8 Å². The van der Waals surface area contributed by atoms with Gasteiger partial charge >= 0.3 is 6.03 Å². The first-order valence-electron chi connectivity index (χ1n) is 6.82. The van der Waals surface area contributed by atoms with E-state index in [9.17, 15) is 4.79 Å². The molecule has 1 aliphatic heterocycles. The first kappa shape index (κ1) is 15.2. The largest absolute Gasteiger partial charge is 0.383 e. The van der Waals surface area contributed by atoms with E-state index in [-0.39, 0.29) is 6.03 Å². The maximum absolute atomic E-state index is 12.0. The second kappa shape index (κ2) is 7.59. The van der Waals surface area contributed by atoms with Crippen LogP contribution in [0.5, 0.6) is 0 Å². The van der Waals surface area contributed by atoms with Gasteiger partial charge in [0.05, 0.1) is 6.61 Å². The molecule has 1 N–H and O–H groups in total. The monoisotopic (exact) mass is 257 g/mol. The molecule has 18 heavy (non-hydrogen) atoms. The van der Waals surface area contributed by atoms with Crippen LogP contribution in [0.4, 0.5) is 4.79 Å². The van der Waals surface area contributed by atoms with Crippen molar-refractivity contribution in [2.24, 2.45) is 5.92 Å².